The zero-order valence-corrected chi connectivity index (χ0v) is 20.0. The summed E-state index contributed by atoms with van der Waals surface area (Å²) in [5, 5.41) is 3.03. The average Bonchev–Trinajstić information content (AvgIpc) is 3.72. The lowest BCUT2D eigenvalue weighted by Gasteiger charge is -2.26. The lowest BCUT2D eigenvalue weighted by molar-refractivity contribution is -0.118. The summed E-state index contributed by atoms with van der Waals surface area (Å²) in [5.74, 6) is 1.26. The topological polar surface area (TPSA) is 80.8 Å². The molecule has 0 bridgehead atoms. The number of pyridine rings is 1. The van der Waals surface area contributed by atoms with Crippen molar-refractivity contribution in [2.75, 3.05) is 38.7 Å². The second kappa shape index (κ2) is 9.50. The first-order chi connectivity index (χ1) is 17.0. The smallest absolute Gasteiger partial charge is 0.254 e. The second-order valence-corrected chi connectivity index (χ2v) is 9.11. The molecule has 2 aliphatic rings. The van der Waals surface area contributed by atoms with E-state index in [1.807, 2.05) is 72.5 Å². The number of carbonyl (C=O) groups excluding carboxylic acids is 2. The van der Waals surface area contributed by atoms with E-state index in [2.05, 4.69) is 5.32 Å². The van der Waals surface area contributed by atoms with Crippen LogP contribution in [0.25, 0.3) is 11.3 Å². The van der Waals surface area contributed by atoms with Gasteiger partial charge in [-0.3, -0.25) is 9.59 Å². The van der Waals surface area contributed by atoms with Crippen LogP contribution in [-0.2, 0) is 14.9 Å². The lowest BCUT2D eigenvalue weighted by Crippen LogP contribution is -2.40. The van der Waals surface area contributed by atoms with Crippen LogP contribution in [0.5, 0.6) is 5.75 Å². The van der Waals surface area contributed by atoms with Gasteiger partial charge in [-0.05, 0) is 61.2 Å². The summed E-state index contributed by atoms with van der Waals surface area (Å²) >= 11 is 0. The number of carbonyl (C=O) groups is 2. The molecule has 0 spiro atoms. The quantitative estimate of drug-likeness (QED) is 0.572. The molecule has 1 aromatic heterocycles. The molecule has 1 aliphatic heterocycles. The molecule has 7 heteroatoms. The van der Waals surface area contributed by atoms with E-state index in [0.29, 0.717) is 37.7 Å². The Kier molecular flexibility index (Phi) is 6.26. The van der Waals surface area contributed by atoms with Crippen LogP contribution in [0.3, 0.4) is 0 Å². The minimum Gasteiger partial charge on any atom is -0.497 e. The minimum absolute atomic E-state index is 0. The predicted molar refractivity (Wildman–Crippen MR) is 136 cm³/mol. The van der Waals surface area contributed by atoms with Gasteiger partial charge in [0.05, 0.1) is 31.4 Å². The Bertz CT molecular complexity index is 1230. The van der Waals surface area contributed by atoms with E-state index in [0.717, 1.165) is 41.0 Å². The van der Waals surface area contributed by atoms with Crippen LogP contribution in [0, 0.1) is 6.92 Å². The Labute approximate surface area is 206 Å². The van der Waals surface area contributed by atoms with Gasteiger partial charge in [-0.2, -0.15) is 0 Å². The second-order valence-electron chi connectivity index (χ2n) is 9.11. The van der Waals surface area contributed by atoms with Gasteiger partial charge in [-0.15, -0.1) is 0 Å². The van der Waals surface area contributed by atoms with Crippen molar-refractivity contribution in [1.29, 1.82) is 0 Å². The molecule has 0 unspecified atom stereocenters. The minimum atomic E-state index is -0.513. The molecule has 2 aromatic carbocycles. The summed E-state index contributed by atoms with van der Waals surface area (Å²) in [4.78, 5) is 32.5. The van der Waals surface area contributed by atoms with Crippen molar-refractivity contribution in [2.24, 2.45) is 0 Å². The maximum Gasteiger partial charge on any atom is 0.254 e. The third kappa shape index (κ3) is 4.64. The first-order valence-corrected chi connectivity index (χ1v) is 11.9. The zero-order valence-electron chi connectivity index (χ0n) is 20.0. The third-order valence-electron chi connectivity index (χ3n) is 6.87. The number of rotatable bonds is 6. The van der Waals surface area contributed by atoms with Crippen molar-refractivity contribution in [3.8, 4) is 17.0 Å². The average molecular weight is 474 g/mol. The molecular formula is C28H31N3O4. The van der Waals surface area contributed by atoms with Gasteiger partial charge in [0.25, 0.3) is 5.91 Å². The first-order valence-electron chi connectivity index (χ1n) is 11.9. The number of methoxy groups -OCH3 is 1. The van der Waals surface area contributed by atoms with Crippen molar-refractivity contribution in [1.82, 2.24) is 9.88 Å². The highest BCUT2D eigenvalue weighted by molar-refractivity contribution is 6.01. The molecule has 2 fully saturated rings. The van der Waals surface area contributed by atoms with E-state index in [-0.39, 0.29) is 13.2 Å². The van der Waals surface area contributed by atoms with Crippen molar-refractivity contribution < 1.29 is 20.5 Å². The van der Waals surface area contributed by atoms with Crippen LogP contribution >= 0.6 is 0 Å². The number of amides is 2. The van der Waals surface area contributed by atoms with Gasteiger partial charge in [-0.25, -0.2) is 4.98 Å². The standard InChI is InChI=1S/C28H29N3O4.H2/c1-19-3-12-24(30-27(33)28(13-14-28)22-8-10-23(34-2)11-9-22)29-25(19)20-4-6-21(7-5-20)26(32)31-15-17-35-18-16-31;/h3-12H,13-18H2,1-2H3,(H,29,30,33);1H. The van der Waals surface area contributed by atoms with Gasteiger partial charge in [-0.1, -0.05) is 30.3 Å². The molecule has 0 radical (unpaired) electrons. The normalized spacial score (nSPS) is 16.5. The van der Waals surface area contributed by atoms with Crippen LogP contribution in [0.4, 0.5) is 5.82 Å². The zero-order chi connectivity index (χ0) is 24.4. The van der Waals surface area contributed by atoms with E-state index >= 15 is 0 Å². The number of nitrogens with zero attached hydrogens (tertiary/aromatic N) is 2. The number of aromatic nitrogens is 1. The van der Waals surface area contributed by atoms with Crippen LogP contribution in [0.15, 0.2) is 60.7 Å². The molecular weight excluding hydrogens is 442 g/mol. The summed E-state index contributed by atoms with van der Waals surface area (Å²) in [6.45, 7) is 4.36. The molecule has 2 amide bonds. The van der Waals surface area contributed by atoms with E-state index in [1.54, 1.807) is 7.11 Å². The Morgan fingerprint density at radius 1 is 1.00 bits per heavy atom. The van der Waals surface area contributed by atoms with Crippen LogP contribution in [0.2, 0.25) is 0 Å². The fraction of sp³-hybridized carbons (Fsp3) is 0.321. The number of aryl methyl sites for hydroxylation is 1. The molecule has 7 nitrogen and oxygen atoms in total. The third-order valence-corrected chi connectivity index (χ3v) is 6.87. The highest BCUT2D eigenvalue weighted by atomic mass is 16.5. The molecule has 182 valence electrons. The Hall–Kier alpha value is -3.71. The van der Waals surface area contributed by atoms with Gasteiger partial charge in [0.1, 0.15) is 11.6 Å². The summed E-state index contributed by atoms with van der Waals surface area (Å²) in [6.07, 6.45) is 1.62. The van der Waals surface area contributed by atoms with Crippen molar-refractivity contribution in [3.63, 3.8) is 0 Å². The Morgan fingerprint density at radius 3 is 2.31 bits per heavy atom. The first kappa shape index (κ1) is 23.1. The number of anilines is 1. The molecule has 1 aliphatic carbocycles. The van der Waals surface area contributed by atoms with Gasteiger partial charge < -0.3 is 19.7 Å². The molecule has 0 atom stereocenters. The Balaban J connectivity index is 0.00000304. The van der Waals surface area contributed by atoms with Crippen molar-refractivity contribution in [2.45, 2.75) is 25.2 Å². The molecule has 1 saturated heterocycles. The van der Waals surface area contributed by atoms with Crippen LogP contribution < -0.4 is 10.1 Å². The SMILES string of the molecule is COc1ccc(C2(C(=O)Nc3ccc(C)c(-c4ccc(C(=O)N5CCOCC5)cc4)n3)CC2)cc1.[HH]. The molecule has 3 aromatic rings. The number of benzene rings is 2. The number of hydrogen-bond donors (Lipinski definition) is 1. The highest BCUT2D eigenvalue weighted by Crippen LogP contribution is 2.49. The fourth-order valence-corrected chi connectivity index (χ4v) is 4.53. The Morgan fingerprint density at radius 2 is 1.69 bits per heavy atom. The molecule has 2 heterocycles. The molecule has 1 N–H and O–H groups in total. The molecule has 5 rings (SSSR count). The lowest BCUT2D eigenvalue weighted by atomic mass is 9.95. The highest BCUT2D eigenvalue weighted by Gasteiger charge is 2.51. The maximum atomic E-state index is 13.2. The predicted octanol–water partition coefficient (Wildman–Crippen LogP) is 4.45. The summed E-state index contributed by atoms with van der Waals surface area (Å²) in [5.41, 5.74) is 3.79. The van der Waals surface area contributed by atoms with Crippen molar-refractivity contribution in [3.05, 3.63) is 77.4 Å². The van der Waals surface area contributed by atoms with E-state index in [9.17, 15) is 9.59 Å². The van der Waals surface area contributed by atoms with Gasteiger partial charge in [0.15, 0.2) is 0 Å². The maximum absolute atomic E-state index is 13.2. The molecule has 35 heavy (non-hydrogen) atoms. The molecule has 1 saturated carbocycles. The van der Waals surface area contributed by atoms with Crippen LogP contribution in [0.1, 0.15) is 35.8 Å². The van der Waals surface area contributed by atoms with Gasteiger partial charge in [0, 0.05) is 25.6 Å². The van der Waals surface area contributed by atoms with E-state index in [4.69, 9.17) is 14.5 Å². The fourth-order valence-electron chi connectivity index (χ4n) is 4.53. The summed E-state index contributed by atoms with van der Waals surface area (Å²) in [7, 11) is 1.63. The van der Waals surface area contributed by atoms with Crippen molar-refractivity contribution >= 4 is 17.6 Å². The largest absolute Gasteiger partial charge is 0.497 e. The summed E-state index contributed by atoms with van der Waals surface area (Å²) in [6, 6.07) is 19.0. The van der Waals surface area contributed by atoms with E-state index < -0.39 is 5.41 Å². The van der Waals surface area contributed by atoms with Crippen LogP contribution in [-0.4, -0.2) is 55.1 Å². The number of nitrogens with one attached hydrogen (secondary N) is 1. The number of ether oxygens (including phenoxy) is 2. The number of morpholine rings is 1. The van der Waals surface area contributed by atoms with Gasteiger partial charge >= 0.3 is 0 Å². The monoisotopic (exact) mass is 473 g/mol. The number of hydrogen-bond acceptors (Lipinski definition) is 5. The van der Waals surface area contributed by atoms with Gasteiger partial charge in [0.2, 0.25) is 5.91 Å². The summed E-state index contributed by atoms with van der Waals surface area (Å²) < 4.78 is 10.6. The van der Waals surface area contributed by atoms with E-state index in [1.165, 1.54) is 0 Å².